The van der Waals surface area contributed by atoms with Crippen LogP contribution in [-0.2, 0) is 4.79 Å². The topological polar surface area (TPSA) is 52.6 Å². The molecule has 0 bridgehead atoms. The van der Waals surface area contributed by atoms with Crippen LogP contribution in [0.1, 0.15) is 39.0 Å². The molecule has 2 atom stereocenters. The van der Waals surface area contributed by atoms with Gasteiger partial charge < -0.3 is 15.3 Å². The SMILES string of the molecule is CCCN1CCCCC1CC(NC)C(=O)O. The fraction of sp³-hybridized carbons (Fsp3) is 0.917. The highest BCUT2D eigenvalue weighted by atomic mass is 16.4. The van der Waals surface area contributed by atoms with Gasteiger partial charge in [0.25, 0.3) is 0 Å². The summed E-state index contributed by atoms with van der Waals surface area (Å²) in [5.41, 5.74) is 0. The summed E-state index contributed by atoms with van der Waals surface area (Å²) in [4.78, 5) is 13.4. The van der Waals surface area contributed by atoms with Crippen LogP contribution in [0.15, 0.2) is 0 Å². The zero-order chi connectivity index (χ0) is 12.0. The quantitative estimate of drug-likeness (QED) is 0.720. The molecular formula is C12H24N2O2. The minimum atomic E-state index is -0.732. The van der Waals surface area contributed by atoms with Gasteiger partial charge in [0.2, 0.25) is 0 Å². The lowest BCUT2D eigenvalue weighted by Crippen LogP contribution is -2.46. The average molecular weight is 228 g/mol. The van der Waals surface area contributed by atoms with Crippen molar-refractivity contribution in [2.24, 2.45) is 0 Å². The molecule has 1 heterocycles. The van der Waals surface area contributed by atoms with Gasteiger partial charge in [-0.15, -0.1) is 0 Å². The van der Waals surface area contributed by atoms with E-state index in [0.717, 1.165) is 32.4 Å². The van der Waals surface area contributed by atoms with Crippen molar-refractivity contribution in [3.63, 3.8) is 0 Å². The average Bonchev–Trinajstić information content (AvgIpc) is 2.27. The van der Waals surface area contributed by atoms with Crippen LogP contribution in [0.5, 0.6) is 0 Å². The van der Waals surface area contributed by atoms with E-state index in [1.807, 2.05) is 0 Å². The Hall–Kier alpha value is -0.610. The van der Waals surface area contributed by atoms with Crippen LogP contribution < -0.4 is 5.32 Å². The molecule has 4 nitrogen and oxygen atoms in total. The first-order valence-electron chi connectivity index (χ1n) is 6.33. The molecule has 2 N–H and O–H groups in total. The standard InChI is InChI=1S/C12H24N2O2/c1-3-7-14-8-5-4-6-10(14)9-11(13-2)12(15)16/h10-11,13H,3-9H2,1-2H3,(H,15,16). The lowest BCUT2D eigenvalue weighted by Gasteiger charge is -2.36. The van der Waals surface area contributed by atoms with Crippen LogP contribution in [-0.4, -0.2) is 48.2 Å². The first kappa shape index (κ1) is 13.5. The predicted molar refractivity (Wildman–Crippen MR) is 64.6 cm³/mol. The number of piperidine rings is 1. The Morgan fingerprint density at radius 2 is 2.31 bits per heavy atom. The molecule has 1 saturated heterocycles. The maximum absolute atomic E-state index is 11.0. The van der Waals surface area contributed by atoms with Gasteiger partial charge in [-0.25, -0.2) is 0 Å². The molecule has 94 valence electrons. The zero-order valence-electron chi connectivity index (χ0n) is 10.4. The summed E-state index contributed by atoms with van der Waals surface area (Å²) in [5.74, 6) is -0.732. The Kier molecular flexibility index (Phi) is 5.77. The number of carbonyl (C=O) groups is 1. The zero-order valence-corrected chi connectivity index (χ0v) is 10.4. The second-order valence-corrected chi connectivity index (χ2v) is 4.60. The highest BCUT2D eigenvalue weighted by Gasteiger charge is 2.27. The molecule has 1 aliphatic rings. The van der Waals surface area contributed by atoms with Crippen molar-refractivity contribution in [2.75, 3.05) is 20.1 Å². The van der Waals surface area contributed by atoms with Crippen LogP contribution in [0.25, 0.3) is 0 Å². The lowest BCUT2D eigenvalue weighted by molar-refractivity contribution is -0.140. The first-order valence-corrected chi connectivity index (χ1v) is 6.33. The van der Waals surface area contributed by atoms with E-state index in [4.69, 9.17) is 5.11 Å². The molecule has 1 rings (SSSR count). The first-order chi connectivity index (χ1) is 7.69. The highest BCUT2D eigenvalue weighted by molar-refractivity contribution is 5.73. The van der Waals surface area contributed by atoms with Crippen LogP contribution >= 0.6 is 0 Å². The molecule has 0 radical (unpaired) electrons. The third-order valence-corrected chi connectivity index (χ3v) is 3.41. The molecular weight excluding hydrogens is 204 g/mol. The van der Waals surface area contributed by atoms with Gasteiger partial charge >= 0.3 is 5.97 Å². The van der Waals surface area contributed by atoms with Crippen molar-refractivity contribution < 1.29 is 9.90 Å². The van der Waals surface area contributed by atoms with Crippen LogP contribution in [0, 0.1) is 0 Å². The molecule has 0 spiro atoms. The molecule has 0 aromatic heterocycles. The number of nitrogens with zero attached hydrogens (tertiary/aromatic N) is 1. The van der Waals surface area contributed by atoms with Gasteiger partial charge in [-0.05, 0) is 45.8 Å². The van der Waals surface area contributed by atoms with Gasteiger partial charge in [0.15, 0.2) is 0 Å². The monoisotopic (exact) mass is 228 g/mol. The number of hydrogen-bond donors (Lipinski definition) is 2. The number of aliphatic carboxylic acids is 1. The summed E-state index contributed by atoms with van der Waals surface area (Å²) in [5, 5.41) is 11.9. The number of nitrogens with one attached hydrogen (secondary N) is 1. The number of carboxylic acid groups (broad SMARTS) is 1. The molecule has 2 unspecified atom stereocenters. The number of hydrogen-bond acceptors (Lipinski definition) is 3. The molecule has 0 aromatic carbocycles. The van der Waals surface area contributed by atoms with Gasteiger partial charge in [0.05, 0.1) is 0 Å². The Labute approximate surface area is 98.0 Å². The summed E-state index contributed by atoms with van der Waals surface area (Å²) in [7, 11) is 1.73. The minimum absolute atomic E-state index is 0.401. The summed E-state index contributed by atoms with van der Waals surface area (Å²) in [6, 6.07) is 0.0460. The summed E-state index contributed by atoms with van der Waals surface area (Å²) in [6.45, 7) is 4.41. The third kappa shape index (κ3) is 3.76. The number of likely N-dealkylation sites (N-methyl/N-ethyl adjacent to an activating group) is 1. The van der Waals surface area contributed by atoms with Crippen molar-refractivity contribution in [3.05, 3.63) is 0 Å². The van der Waals surface area contributed by atoms with Gasteiger partial charge in [-0.1, -0.05) is 13.3 Å². The van der Waals surface area contributed by atoms with Crippen molar-refractivity contribution in [2.45, 2.75) is 51.1 Å². The normalized spacial score (nSPS) is 24.2. The molecule has 1 aliphatic heterocycles. The van der Waals surface area contributed by atoms with E-state index >= 15 is 0 Å². The summed E-state index contributed by atoms with van der Waals surface area (Å²) in [6.07, 6.45) is 5.51. The maximum Gasteiger partial charge on any atom is 0.320 e. The summed E-state index contributed by atoms with van der Waals surface area (Å²) >= 11 is 0. The van der Waals surface area contributed by atoms with Gasteiger partial charge in [0, 0.05) is 6.04 Å². The van der Waals surface area contributed by atoms with E-state index in [1.165, 1.54) is 12.8 Å². The number of rotatable bonds is 6. The molecule has 0 saturated carbocycles. The van der Waals surface area contributed by atoms with Crippen LogP contribution in [0.3, 0.4) is 0 Å². The third-order valence-electron chi connectivity index (χ3n) is 3.41. The molecule has 1 fully saturated rings. The number of likely N-dealkylation sites (tertiary alicyclic amines) is 1. The fourth-order valence-electron chi connectivity index (χ4n) is 2.52. The van der Waals surface area contributed by atoms with E-state index in [2.05, 4.69) is 17.1 Å². The molecule has 0 amide bonds. The van der Waals surface area contributed by atoms with E-state index in [0.29, 0.717) is 6.04 Å². The van der Waals surface area contributed by atoms with Crippen LogP contribution in [0.4, 0.5) is 0 Å². The Morgan fingerprint density at radius 3 is 2.88 bits per heavy atom. The van der Waals surface area contributed by atoms with E-state index in [9.17, 15) is 4.79 Å². The largest absolute Gasteiger partial charge is 0.480 e. The molecule has 4 heteroatoms. The Balaban J connectivity index is 2.50. The Bertz CT molecular complexity index is 219. The van der Waals surface area contributed by atoms with E-state index in [1.54, 1.807) is 7.05 Å². The minimum Gasteiger partial charge on any atom is -0.480 e. The lowest BCUT2D eigenvalue weighted by atomic mass is 9.95. The highest BCUT2D eigenvalue weighted by Crippen LogP contribution is 2.21. The van der Waals surface area contributed by atoms with Gasteiger partial charge in [0.1, 0.15) is 6.04 Å². The van der Waals surface area contributed by atoms with Gasteiger partial charge in [-0.2, -0.15) is 0 Å². The summed E-state index contributed by atoms with van der Waals surface area (Å²) < 4.78 is 0. The molecule has 0 aliphatic carbocycles. The van der Waals surface area contributed by atoms with Gasteiger partial charge in [-0.3, -0.25) is 4.79 Å². The maximum atomic E-state index is 11.0. The van der Waals surface area contributed by atoms with Crippen molar-refractivity contribution in [1.29, 1.82) is 0 Å². The van der Waals surface area contributed by atoms with Crippen molar-refractivity contribution in [3.8, 4) is 0 Å². The predicted octanol–water partition coefficient (Wildman–Crippen LogP) is 1.31. The number of carboxylic acids is 1. The second kappa shape index (κ2) is 6.86. The fourth-order valence-corrected chi connectivity index (χ4v) is 2.52. The van der Waals surface area contributed by atoms with E-state index in [-0.39, 0.29) is 0 Å². The molecule has 16 heavy (non-hydrogen) atoms. The Morgan fingerprint density at radius 1 is 1.56 bits per heavy atom. The molecule has 0 aromatic rings. The van der Waals surface area contributed by atoms with Crippen molar-refractivity contribution in [1.82, 2.24) is 10.2 Å². The second-order valence-electron chi connectivity index (χ2n) is 4.60. The van der Waals surface area contributed by atoms with Crippen molar-refractivity contribution >= 4 is 5.97 Å². The smallest absolute Gasteiger partial charge is 0.320 e. The van der Waals surface area contributed by atoms with Crippen LogP contribution in [0.2, 0.25) is 0 Å². The van der Waals surface area contributed by atoms with E-state index < -0.39 is 12.0 Å².